The number of rotatable bonds is 7. The van der Waals surface area contributed by atoms with Gasteiger partial charge in [0.25, 0.3) is 0 Å². The number of Topliss-reactive ketones (excluding diaryl/α,β-unsaturated/α-hetero) is 1. The molecule has 4 rings (SSSR count). The van der Waals surface area contributed by atoms with Crippen LogP contribution in [0.4, 0.5) is 10.8 Å². The second kappa shape index (κ2) is 8.32. The van der Waals surface area contributed by atoms with Gasteiger partial charge in [-0.3, -0.25) is 4.79 Å². The SMILES string of the molecule is COc1cccc(Nc2nnc(S[C@H](C)C(=O)c3ccc4c(c3)CCC4)s2)c1. The first kappa shape index (κ1) is 19.0. The molecule has 144 valence electrons. The highest BCUT2D eigenvalue weighted by Gasteiger charge is 2.21. The lowest BCUT2D eigenvalue weighted by Gasteiger charge is -2.09. The summed E-state index contributed by atoms with van der Waals surface area (Å²) in [5, 5.41) is 12.1. The number of fused-ring (bicyclic) bond motifs is 1. The largest absolute Gasteiger partial charge is 0.497 e. The molecule has 3 aromatic rings. The highest BCUT2D eigenvalue weighted by Crippen LogP contribution is 2.33. The Balaban J connectivity index is 1.41. The standard InChI is InChI=1S/C21H21N3O2S2/c1-13(19(25)16-10-9-14-5-3-6-15(14)11-16)27-21-24-23-20(28-21)22-17-7-4-8-18(12-17)26-2/h4,7-13H,3,5-6H2,1-2H3,(H,22,23)/t13-/m1/s1. The molecule has 1 atom stereocenters. The van der Waals surface area contributed by atoms with Crippen LogP contribution in [-0.4, -0.2) is 28.3 Å². The normalized spacial score (nSPS) is 13.8. The lowest BCUT2D eigenvalue weighted by molar-refractivity contribution is 0.0994. The molecule has 0 spiro atoms. The van der Waals surface area contributed by atoms with Crippen LogP contribution >= 0.6 is 23.1 Å². The number of carbonyl (C=O) groups excluding carboxylic acids is 1. The molecular formula is C21H21N3O2S2. The van der Waals surface area contributed by atoms with Crippen molar-refractivity contribution in [1.29, 1.82) is 0 Å². The number of aryl methyl sites for hydroxylation is 2. The number of carbonyl (C=O) groups is 1. The van der Waals surface area contributed by atoms with Crippen molar-refractivity contribution in [2.45, 2.75) is 35.8 Å². The first-order valence-electron chi connectivity index (χ1n) is 9.19. The van der Waals surface area contributed by atoms with Crippen molar-refractivity contribution in [3.8, 4) is 5.75 Å². The Morgan fingerprint density at radius 3 is 2.89 bits per heavy atom. The second-order valence-electron chi connectivity index (χ2n) is 6.69. The molecule has 0 saturated carbocycles. The number of hydrogen-bond donors (Lipinski definition) is 1. The molecule has 5 nitrogen and oxygen atoms in total. The Bertz CT molecular complexity index is 1000. The van der Waals surface area contributed by atoms with Gasteiger partial charge in [0.2, 0.25) is 5.13 Å². The predicted molar refractivity (Wildman–Crippen MR) is 114 cm³/mol. The van der Waals surface area contributed by atoms with Gasteiger partial charge in [0.1, 0.15) is 5.75 Å². The molecule has 2 aromatic carbocycles. The van der Waals surface area contributed by atoms with Crippen molar-refractivity contribution < 1.29 is 9.53 Å². The molecule has 1 N–H and O–H groups in total. The molecular weight excluding hydrogens is 390 g/mol. The van der Waals surface area contributed by atoms with E-state index in [2.05, 4.69) is 27.6 Å². The summed E-state index contributed by atoms with van der Waals surface area (Å²) >= 11 is 2.89. The van der Waals surface area contributed by atoms with Crippen LogP contribution in [0.1, 0.15) is 34.8 Å². The molecule has 0 radical (unpaired) electrons. The first-order chi connectivity index (χ1) is 13.6. The average molecular weight is 412 g/mol. The minimum Gasteiger partial charge on any atom is -0.497 e. The number of aromatic nitrogens is 2. The highest BCUT2D eigenvalue weighted by molar-refractivity contribution is 8.02. The van der Waals surface area contributed by atoms with Crippen molar-refractivity contribution in [3.63, 3.8) is 0 Å². The Hall–Kier alpha value is -2.38. The van der Waals surface area contributed by atoms with Crippen LogP contribution in [0.25, 0.3) is 0 Å². The third kappa shape index (κ3) is 4.20. The zero-order valence-corrected chi connectivity index (χ0v) is 17.4. The third-order valence-electron chi connectivity index (χ3n) is 4.76. The third-order valence-corrected chi connectivity index (χ3v) is 6.78. The monoisotopic (exact) mass is 411 g/mol. The summed E-state index contributed by atoms with van der Waals surface area (Å²) in [5.41, 5.74) is 4.38. The summed E-state index contributed by atoms with van der Waals surface area (Å²) in [6, 6.07) is 13.8. The molecule has 0 amide bonds. The van der Waals surface area contributed by atoms with Crippen molar-refractivity contribution >= 4 is 39.7 Å². The Morgan fingerprint density at radius 1 is 1.18 bits per heavy atom. The minimum atomic E-state index is -0.211. The van der Waals surface area contributed by atoms with Gasteiger partial charge in [-0.2, -0.15) is 0 Å². The van der Waals surface area contributed by atoms with Crippen LogP contribution in [0.15, 0.2) is 46.8 Å². The molecule has 1 aliphatic rings. The van der Waals surface area contributed by atoms with E-state index < -0.39 is 0 Å². The number of anilines is 2. The van der Waals surface area contributed by atoms with E-state index in [1.54, 1.807) is 7.11 Å². The van der Waals surface area contributed by atoms with E-state index >= 15 is 0 Å². The van der Waals surface area contributed by atoms with E-state index in [0.29, 0.717) is 5.13 Å². The van der Waals surface area contributed by atoms with Gasteiger partial charge in [0, 0.05) is 17.3 Å². The fourth-order valence-corrected chi connectivity index (χ4v) is 5.29. The summed E-state index contributed by atoms with van der Waals surface area (Å²) in [7, 11) is 1.64. The molecule has 0 unspecified atom stereocenters. The van der Waals surface area contributed by atoms with Crippen molar-refractivity contribution in [1.82, 2.24) is 10.2 Å². The van der Waals surface area contributed by atoms with Gasteiger partial charge >= 0.3 is 0 Å². The molecule has 1 aliphatic carbocycles. The van der Waals surface area contributed by atoms with Gasteiger partial charge in [-0.1, -0.05) is 41.3 Å². The second-order valence-corrected chi connectivity index (χ2v) is 9.26. The number of nitrogens with zero attached hydrogens (tertiary/aromatic N) is 2. The lowest BCUT2D eigenvalue weighted by Crippen LogP contribution is -2.13. The molecule has 0 aliphatic heterocycles. The quantitative estimate of drug-likeness (QED) is 0.429. The lowest BCUT2D eigenvalue weighted by atomic mass is 10.0. The van der Waals surface area contributed by atoms with Crippen LogP contribution in [0, 0.1) is 0 Å². The zero-order valence-electron chi connectivity index (χ0n) is 15.8. The minimum absolute atomic E-state index is 0.136. The molecule has 0 fully saturated rings. The zero-order chi connectivity index (χ0) is 19.5. The average Bonchev–Trinajstić information content (AvgIpc) is 3.36. The number of methoxy groups -OCH3 is 1. The number of benzene rings is 2. The van der Waals surface area contributed by atoms with E-state index in [-0.39, 0.29) is 11.0 Å². The molecule has 1 heterocycles. The number of nitrogens with one attached hydrogen (secondary N) is 1. The van der Waals surface area contributed by atoms with Gasteiger partial charge in [-0.25, -0.2) is 0 Å². The number of thioether (sulfide) groups is 1. The van der Waals surface area contributed by atoms with Gasteiger partial charge in [0.05, 0.1) is 12.4 Å². The first-order valence-corrected chi connectivity index (χ1v) is 10.9. The van der Waals surface area contributed by atoms with Crippen LogP contribution in [0.5, 0.6) is 5.75 Å². The molecule has 7 heteroatoms. The summed E-state index contributed by atoms with van der Waals surface area (Å²) in [5.74, 6) is 0.912. The predicted octanol–water partition coefficient (Wildman–Crippen LogP) is 5.14. The number of hydrogen-bond acceptors (Lipinski definition) is 7. The number of ether oxygens (including phenoxy) is 1. The maximum absolute atomic E-state index is 12.8. The van der Waals surface area contributed by atoms with E-state index in [9.17, 15) is 4.79 Å². The summed E-state index contributed by atoms with van der Waals surface area (Å²) in [6.07, 6.45) is 3.39. The van der Waals surface area contributed by atoms with Crippen molar-refractivity contribution in [2.75, 3.05) is 12.4 Å². The van der Waals surface area contributed by atoms with Gasteiger partial charge in [-0.15, -0.1) is 10.2 Å². The van der Waals surface area contributed by atoms with Gasteiger partial charge in [-0.05, 0) is 55.5 Å². The smallest absolute Gasteiger partial charge is 0.210 e. The molecule has 0 saturated heterocycles. The molecule has 0 bridgehead atoms. The van der Waals surface area contributed by atoms with Crippen LogP contribution in [-0.2, 0) is 12.8 Å². The van der Waals surface area contributed by atoms with E-state index in [0.717, 1.165) is 34.2 Å². The van der Waals surface area contributed by atoms with Gasteiger partial charge in [0.15, 0.2) is 10.1 Å². The summed E-state index contributed by atoms with van der Waals surface area (Å²) in [6.45, 7) is 1.93. The van der Waals surface area contributed by atoms with Crippen molar-refractivity contribution in [2.24, 2.45) is 0 Å². The molecule has 28 heavy (non-hydrogen) atoms. The maximum Gasteiger partial charge on any atom is 0.210 e. The highest BCUT2D eigenvalue weighted by atomic mass is 32.2. The van der Waals surface area contributed by atoms with Crippen LogP contribution < -0.4 is 10.1 Å². The number of ketones is 1. The fraction of sp³-hybridized carbons (Fsp3) is 0.286. The Morgan fingerprint density at radius 2 is 2.04 bits per heavy atom. The van der Waals surface area contributed by atoms with Crippen LogP contribution in [0.2, 0.25) is 0 Å². The molecule has 1 aromatic heterocycles. The van der Waals surface area contributed by atoms with Crippen LogP contribution in [0.3, 0.4) is 0 Å². The van der Waals surface area contributed by atoms with E-state index in [1.165, 1.54) is 40.6 Å². The fourth-order valence-electron chi connectivity index (χ4n) is 3.30. The maximum atomic E-state index is 12.8. The summed E-state index contributed by atoms with van der Waals surface area (Å²) < 4.78 is 6.00. The Kier molecular flexibility index (Phi) is 5.64. The van der Waals surface area contributed by atoms with Gasteiger partial charge < -0.3 is 10.1 Å². The van der Waals surface area contributed by atoms with E-state index in [1.807, 2.05) is 37.3 Å². The topological polar surface area (TPSA) is 64.1 Å². The van der Waals surface area contributed by atoms with E-state index in [4.69, 9.17) is 4.74 Å². The van der Waals surface area contributed by atoms with Crippen molar-refractivity contribution in [3.05, 3.63) is 59.2 Å². The Labute approximate surface area is 172 Å². The summed E-state index contributed by atoms with van der Waals surface area (Å²) in [4.78, 5) is 12.8.